The molecular weight excluding hydrogens is 312 g/mol. The molecule has 0 aliphatic carbocycles. The molecule has 0 fully saturated rings. The summed E-state index contributed by atoms with van der Waals surface area (Å²) in [5.41, 5.74) is 0.828. The molecule has 2 rings (SSSR count). The van der Waals surface area contributed by atoms with E-state index in [4.69, 9.17) is 9.26 Å². The summed E-state index contributed by atoms with van der Waals surface area (Å²) in [6.07, 6.45) is 0. The molecule has 100 valence electrons. The monoisotopic (exact) mass is 324 g/mol. The van der Waals surface area contributed by atoms with Gasteiger partial charge >= 0.3 is 5.97 Å². The first-order valence-corrected chi connectivity index (χ1v) is 6.67. The van der Waals surface area contributed by atoms with Crippen LogP contribution >= 0.6 is 15.9 Å². The number of rotatable bonds is 4. The Morgan fingerprint density at radius 1 is 1.42 bits per heavy atom. The number of hydrogen-bond acceptors (Lipinski definition) is 5. The van der Waals surface area contributed by atoms with E-state index in [9.17, 15) is 4.79 Å². The number of aromatic nitrogens is 2. The lowest BCUT2D eigenvalue weighted by Crippen LogP contribution is -2.13. The lowest BCUT2D eigenvalue weighted by Gasteiger charge is -2.04. The third-order valence-corrected chi connectivity index (χ3v) is 3.08. The molecule has 1 heterocycles. The van der Waals surface area contributed by atoms with Gasteiger partial charge in [0.15, 0.2) is 0 Å². The molecule has 0 amide bonds. The Morgan fingerprint density at radius 3 is 2.74 bits per heavy atom. The number of esters is 1. The van der Waals surface area contributed by atoms with E-state index in [1.807, 2.05) is 24.3 Å². The van der Waals surface area contributed by atoms with Gasteiger partial charge in [-0.2, -0.15) is 4.98 Å². The van der Waals surface area contributed by atoms with Crippen LogP contribution in [0.3, 0.4) is 0 Å². The van der Waals surface area contributed by atoms with E-state index in [0.717, 1.165) is 10.0 Å². The van der Waals surface area contributed by atoms with Gasteiger partial charge in [0, 0.05) is 10.0 Å². The van der Waals surface area contributed by atoms with E-state index in [0.29, 0.717) is 12.4 Å². The van der Waals surface area contributed by atoms with Crippen molar-refractivity contribution in [2.75, 3.05) is 6.61 Å². The molecule has 5 nitrogen and oxygen atoms in total. The van der Waals surface area contributed by atoms with E-state index < -0.39 is 5.92 Å². The molecule has 0 N–H and O–H groups in total. The van der Waals surface area contributed by atoms with Crippen LogP contribution in [0.1, 0.15) is 25.7 Å². The highest BCUT2D eigenvalue weighted by Gasteiger charge is 2.23. The van der Waals surface area contributed by atoms with Crippen molar-refractivity contribution >= 4 is 21.9 Å². The normalized spacial score (nSPS) is 12.2. The second-order valence-corrected chi connectivity index (χ2v) is 4.85. The lowest BCUT2D eigenvalue weighted by molar-refractivity contribution is -0.145. The van der Waals surface area contributed by atoms with Crippen LogP contribution in [0.15, 0.2) is 33.3 Å². The zero-order valence-corrected chi connectivity index (χ0v) is 12.2. The van der Waals surface area contributed by atoms with Gasteiger partial charge in [-0.1, -0.05) is 21.1 Å². The summed E-state index contributed by atoms with van der Waals surface area (Å²) in [5, 5.41) is 3.87. The average molecular weight is 325 g/mol. The van der Waals surface area contributed by atoms with E-state index in [-0.39, 0.29) is 11.9 Å². The van der Waals surface area contributed by atoms with Crippen LogP contribution in [-0.4, -0.2) is 22.7 Å². The highest BCUT2D eigenvalue weighted by Crippen LogP contribution is 2.22. The quantitative estimate of drug-likeness (QED) is 0.808. The SMILES string of the molecule is CCOC(=O)C(C)c1nc(-c2ccc(Br)cc2)no1. The van der Waals surface area contributed by atoms with Crippen molar-refractivity contribution in [3.8, 4) is 11.4 Å². The van der Waals surface area contributed by atoms with Crippen molar-refractivity contribution in [2.24, 2.45) is 0 Å². The van der Waals surface area contributed by atoms with Gasteiger partial charge in [0.1, 0.15) is 5.92 Å². The zero-order chi connectivity index (χ0) is 13.8. The van der Waals surface area contributed by atoms with Gasteiger partial charge in [0.05, 0.1) is 6.61 Å². The van der Waals surface area contributed by atoms with Crippen molar-refractivity contribution in [1.82, 2.24) is 10.1 Å². The Kier molecular flexibility index (Phi) is 4.31. The summed E-state index contributed by atoms with van der Waals surface area (Å²) in [7, 11) is 0. The maximum atomic E-state index is 11.6. The fourth-order valence-electron chi connectivity index (χ4n) is 1.50. The Balaban J connectivity index is 2.19. The van der Waals surface area contributed by atoms with E-state index in [1.54, 1.807) is 13.8 Å². The standard InChI is InChI=1S/C13H13BrN2O3/c1-3-18-13(17)8(2)12-15-11(16-19-12)9-4-6-10(14)7-5-9/h4-8H,3H2,1-2H3. The van der Waals surface area contributed by atoms with Crippen molar-refractivity contribution in [3.05, 3.63) is 34.6 Å². The van der Waals surface area contributed by atoms with Crippen LogP contribution in [0, 0.1) is 0 Å². The first-order valence-electron chi connectivity index (χ1n) is 5.88. The minimum absolute atomic E-state index is 0.261. The predicted molar refractivity (Wildman–Crippen MR) is 72.5 cm³/mol. The zero-order valence-electron chi connectivity index (χ0n) is 10.6. The summed E-state index contributed by atoms with van der Waals surface area (Å²) < 4.78 is 11.0. The molecule has 1 unspecified atom stereocenters. The van der Waals surface area contributed by atoms with Crippen LogP contribution < -0.4 is 0 Å². The fourth-order valence-corrected chi connectivity index (χ4v) is 1.76. The number of halogens is 1. The minimum Gasteiger partial charge on any atom is -0.465 e. The Labute approximate surface area is 119 Å². The Morgan fingerprint density at radius 2 is 2.11 bits per heavy atom. The summed E-state index contributed by atoms with van der Waals surface area (Å²) in [6.45, 7) is 3.76. The summed E-state index contributed by atoms with van der Waals surface area (Å²) in [5.74, 6) is -0.208. The molecule has 0 spiro atoms. The number of carbonyl (C=O) groups excluding carboxylic acids is 1. The lowest BCUT2D eigenvalue weighted by atomic mass is 10.2. The second kappa shape index (κ2) is 5.97. The molecule has 0 saturated heterocycles. The molecule has 2 aromatic rings. The Hall–Kier alpha value is -1.69. The van der Waals surface area contributed by atoms with Gasteiger partial charge in [-0.05, 0) is 38.1 Å². The molecule has 0 saturated carbocycles. The molecule has 1 atom stereocenters. The smallest absolute Gasteiger partial charge is 0.318 e. The summed E-state index contributed by atoms with van der Waals surface area (Å²) >= 11 is 3.36. The highest BCUT2D eigenvalue weighted by molar-refractivity contribution is 9.10. The number of carbonyl (C=O) groups is 1. The predicted octanol–water partition coefficient (Wildman–Crippen LogP) is 3.17. The number of nitrogens with zero attached hydrogens (tertiary/aromatic N) is 2. The van der Waals surface area contributed by atoms with Crippen molar-refractivity contribution in [1.29, 1.82) is 0 Å². The van der Waals surface area contributed by atoms with Crippen LogP contribution in [0.25, 0.3) is 11.4 Å². The first kappa shape index (κ1) is 13.7. The molecule has 1 aromatic heterocycles. The van der Waals surface area contributed by atoms with Crippen LogP contribution in [-0.2, 0) is 9.53 Å². The van der Waals surface area contributed by atoms with E-state index in [1.165, 1.54) is 0 Å². The van der Waals surface area contributed by atoms with Gasteiger partial charge < -0.3 is 9.26 Å². The third kappa shape index (κ3) is 3.20. The molecule has 0 radical (unpaired) electrons. The maximum absolute atomic E-state index is 11.6. The molecule has 0 bridgehead atoms. The van der Waals surface area contributed by atoms with E-state index >= 15 is 0 Å². The largest absolute Gasteiger partial charge is 0.465 e. The van der Waals surface area contributed by atoms with Gasteiger partial charge in [-0.3, -0.25) is 4.79 Å². The number of hydrogen-bond donors (Lipinski definition) is 0. The fraction of sp³-hybridized carbons (Fsp3) is 0.308. The summed E-state index contributed by atoms with van der Waals surface area (Å²) in [4.78, 5) is 15.8. The molecule has 6 heteroatoms. The van der Waals surface area contributed by atoms with Crippen LogP contribution in [0.2, 0.25) is 0 Å². The van der Waals surface area contributed by atoms with Crippen LogP contribution in [0.5, 0.6) is 0 Å². The molecule has 0 aliphatic rings. The van der Waals surface area contributed by atoms with Gasteiger partial charge in [-0.15, -0.1) is 0 Å². The second-order valence-electron chi connectivity index (χ2n) is 3.94. The highest BCUT2D eigenvalue weighted by atomic mass is 79.9. The topological polar surface area (TPSA) is 65.2 Å². The van der Waals surface area contributed by atoms with Gasteiger partial charge in [0.25, 0.3) is 0 Å². The number of ether oxygens (including phenoxy) is 1. The van der Waals surface area contributed by atoms with Gasteiger partial charge in [-0.25, -0.2) is 0 Å². The first-order chi connectivity index (χ1) is 9.11. The summed E-state index contributed by atoms with van der Waals surface area (Å²) in [6, 6.07) is 7.52. The Bertz CT molecular complexity index is 566. The number of benzene rings is 1. The third-order valence-electron chi connectivity index (χ3n) is 2.55. The molecule has 19 heavy (non-hydrogen) atoms. The van der Waals surface area contributed by atoms with Crippen LogP contribution in [0.4, 0.5) is 0 Å². The van der Waals surface area contributed by atoms with E-state index in [2.05, 4.69) is 26.1 Å². The van der Waals surface area contributed by atoms with Crippen molar-refractivity contribution < 1.29 is 14.1 Å². The van der Waals surface area contributed by atoms with Crippen molar-refractivity contribution in [2.45, 2.75) is 19.8 Å². The maximum Gasteiger partial charge on any atom is 0.318 e. The molecule has 1 aromatic carbocycles. The van der Waals surface area contributed by atoms with Crippen molar-refractivity contribution in [3.63, 3.8) is 0 Å². The molecule has 0 aliphatic heterocycles. The molecular formula is C13H13BrN2O3. The van der Waals surface area contributed by atoms with Gasteiger partial charge in [0.2, 0.25) is 11.7 Å². The minimum atomic E-state index is -0.559. The average Bonchev–Trinajstić information content (AvgIpc) is 2.88.